The van der Waals surface area contributed by atoms with E-state index in [0.717, 1.165) is 0 Å². The van der Waals surface area contributed by atoms with E-state index in [1.54, 1.807) is 11.3 Å². The lowest BCUT2D eigenvalue weighted by atomic mass is 10.1. The molecule has 0 saturated carbocycles. The first-order chi connectivity index (χ1) is 5.47. The van der Waals surface area contributed by atoms with E-state index < -0.39 is 0 Å². The van der Waals surface area contributed by atoms with Crippen LogP contribution in [0.5, 0.6) is 0 Å². The zero-order valence-electron chi connectivity index (χ0n) is 6.49. The topological polar surface area (TPSA) is 16.1 Å². The van der Waals surface area contributed by atoms with E-state index in [1.165, 1.54) is 37.4 Å². The summed E-state index contributed by atoms with van der Waals surface area (Å²) in [7, 11) is 0. The van der Waals surface area contributed by atoms with Crippen LogP contribution >= 0.6 is 11.3 Å². The highest BCUT2D eigenvalue weighted by molar-refractivity contribution is 7.13. The average Bonchev–Trinajstić information content (AvgIpc) is 2.58. The van der Waals surface area contributed by atoms with Crippen LogP contribution in [0.1, 0.15) is 19.3 Å². The van der Waals surface area contributed by atoms with Gasteiger partial charge in [0.15, 0.2) is 0 Å². The second-order valence-corrected chi connectivity index (χ2v) is 3.75. The molecular formula is C8H12N2S. The molecule has 1 aromatic rings. The number of hydrogen-bond donors (Lipinski definition) is 0. The van der Waals surface area contributed by atoms with Crippen molar-refractivity contribution in [3.63, 3.8) is 0 Å². The minimum atomic E-state index is 1.22. The first-order valence-corrected chi connectivity index (χ1v) is 4.98. The molecule has 1 aromatic heterocycles. The van der Waals surface area contributed by atoms with Crippen LogP contribution in [0.25, 0.3) is 0 Å². The van der Waals surface area contributed by atoms with Crippen molar-refractivity contribution in [3.8, 4) is 0 Å². The van der Waals surface area contributed by atoms with Gasteiger partial charge in [0, 0.05) is 13.1 Å². The van der Waals surface area contributed by atoms with Crippen LogP contribution in [0.4, 0.5) is 5.00 Å². The zero-order chi connectivity index (χ0) is 7.52. The Labute approximate surface area is 70.9 Å². The Morgan fingerprint density at radius 2 is 2.09 bits per heavy atom. The maximum absolute atomic E-state index is 4.07. The predicted molar refractivity (Wildman–Crippen MR) is 48.2 cm³/mol. The molecule has 11 heavy (non-hydrogen) atoms. The Morgan fingerprint density at radius 1 is 1.27 bits per heavy atom. The van der Waals surface area contributed by atoms with Gasteiger partial charge in [-0.15, -0.1) is 11.3 Å². The largest absolute Gasteiger partial charge is 0.362 e. The van der Waals surface area contributed by atoms with Gasteiger partial charge in [0.2, 0.25) is 0 Å². The summed E-state index contributed by atoms with van der Waals surface area (Å²) in [5, 5.41) is 1.34. The molecular weight excluding hydrogens is 156 g/mol. The van der Waals surface area contributed by atoms with Crippen LogP contribution in [-0.4, -0.2) is 18.1 Å². The fraction of sp³-hybridized carbons (Fsp3) is 0.625. The zero-order valence-corrected chi connectivity index (χ0v) is 7.31. The number of rotatable bonds is 1. The number of piperidine rings is 1. The highest BCUT2D eigenvalue weighted by Gasteiger charge is 2.10. The minimum Gasteiger partial charge on any atom is -0.362 e. The van der Waals surface area contributed by atoms with E-state index in [-0.39, 0.29) is 0 Å². The lowest BCUT2D eigenvalue weighted by Crippen LogP contribution is -2.28. The van der Waals surface area contributed by atoms with E-state index in [2.05, 4.69) is 9.88 Å². The van der Waals surface area contributed by atoms with Crippen molar-refractivity contribution in [2.45, 2.75) is 19.3 Å². The van der Waals surface area contributed by atoms with E-state index in [9.17, 15) is 0 Å². The normalized spacial score (nSPS) is 18.7. The quantitative estimate of drug-likeness (QED) is 0.638. The second-order valence-electron chi connectivity index (χ2n) is 2.89. The number of anilines is 1. The summed E-state index contributed by atoms with van der Waals surface area (Å²) in [6.45, 7) is 2.45. The Balaban J connectivity index is 2.04. The van der Waals surface area contributed by atoms with Gasteiger partial charge < -0.3 is 4.90 Å². The van der Waals surface area contributed by atoms with Gasteiger partial charge in [-0.1, -0.05) is 0 Å². The molecule has 3 heteroatoms. The predicted octanol–water partition coefficient (Wildman–Crippen LogP) is 2.13. The van der Waals surface area contributed by atoms with Gasteiger partial charge in [0.25, 0.3) is 0 Å². The van der Waals surface area contributed by atoms with Gasteiger partial charge in [-0.3, -0.25) is 4.98 Å². The van der Waals surface area contributed by atoms with Crippen molar-refractivity contribution in [1.82, 2.24) is 4.98 Å². The Morgan fingerprint density at radius 3 is 2.73 bits per heavy atom. The summed E-state index contributed by atoms with van der Waals surface area (Å²) in [5.41, 5.74) is 1.91. The third-order valence-electron chi connectivity index (χ3n) is 2.09. The average molecular weight is 168 g/mol. The van der Waals surface area contributed by atoms with Gasteiger partial charge >= 0.3 is 0 Å². The summed E-state index contributed by atoms with van der Waals surface area (Å²) >= 11 is 1.74. The highest BCUT2D eigenvalue weighted by atomic mass is 32.1. The number of aromatic nitrogens is 1. The molecule has 0 aromatic carbocycles. The van der Waals surface area contributed by atoms with Crippen molar-refractivity contribution >= 4 is 16.3 Å². The third-order valence-corrected chi connectivity index (χ3v) is 2.92. The smallest absolute Gasteiger partial charge is 0.111 e. The van der Waals surface area contributed by atoms with Gasteiger partial charge in [-0.05, 0) is 19.3 Å². The molecule has 1 aliphatic heterocycles. The molecule has 0 N–H and O–H groups in total. The fourth-order valence-electron chi connectivity index (χ4n) is 1.48. The molecule has 0 bridgehead atoms. The van der Waals surface area contributed by atoms with Crippen molar-refractivity contribution in [2.75, 3.05) is 18.0 Å². The fourth-order valence-corrected chi connectivity index (χ4v) is 2.16. The molecule has 0 radical (unpaired) electrons. The van der Waals surface area contributed by atoms with Crippen molar-refractivity contribution in [1.29, 1.82) is 0 Å². The van der Waals surface area contributed by atoms with Crippen LogP contribution in [0, 0.1) is 0 Å². The van der Waals surface area contributed by atoms with Crippen LogP contribution in [0.2, 0.25) is 0 Å². The summed E-state index contributed by atoms with van der Waals surface area (Å²) in [5.74, 6) is 0. The molecule has 0 unspecified atom stereocenters. The van der Waals surface area contributed by atoms with Gasteiger partial charge in [-0.25, -0.2) is 0 Å². The van der Waals surface area contributed by atoms with Crippen LogP contribution < -0.4 is 4.90 Å². The summed E-state index contributed by atoms with van der Waals surface area (Å²) in [6, 6.07) is 0. The molecule has 0 amide bonds. The first-order valence-electron chi connectivity index (χ1n) is 4.10. The van der Waals surface area contributed by atoms with E-state index in [4.69, 9.17) is 0 Å². The second kappa shape index (κ2) is 3.22. The molecule has 60 valence electrons. The molecule has 0 aliphatic carbocycles. The van der Waals surface area contributed by atoms with E-state index in [1.807, 2.05) is 11.7 Å². The lowest BCUT2D eigenvalue weighted by Gasteiger charge is -2.26. The number of nitrogens with zero attached hydrogens (tertiary/aromatic N) is 2. The molecule has 1 aliphatic rings. The van der Waals surface area contributed by atoms with E-state index in [0.29, 0.717) is 0 Å². The Bertz CT molecular complexity index is 202. The van der Waals surface area contributed by atoms with Crippen LogP contribution in [0.15, 0.2) is 11.7 Å². The molecule has 2 rings (SSSR count). The number of thiazole rings is 1. The maximum atomic E-state index is 4.07. The third kappa shape index (κ3) is 1.53. The number of hydrogen-bond acceptors (Lipinski definition) is 3. The lowest BCUT2D eigenvalue weighted by molar-refractivity contribution is 0.580. The Hall–Kier alpha value is -0.570. The SMILES string of the molecule is c1ncc(N2CCCCC2)s1. The summed E-state index contributed by atoms with van der Waals surface area (Å²) < 4.78 is 0. The highest BCUT2D eigenvalue weighted by Crippen LogP contribution is 2.22. The van der Waals surface area contributed by atoms with E-state index >= 15 is 0 Å². The van der Waals surface area contributed by atoms with Crippen molar-refractivity contribution < 1.29 is 0 Å². The molecule has 1 fully saturated rings. The molecule has 2 nitrogen and oxygen atoms in total. The standard InChI is InChI=1S/C8H12N2S/c1-2-4-10(5-3-1)8-6-9-7-11-8/h6-7H,1-5H2. The van der Waals surface area contributed by atoms with Gasteiger partial charge in [-0.2, -0.15) is 0 Å². The monoisotopic (exact) mass is 168 g/mol. The van der Waals surface area contributed by atoms with Crippen LogP contribution in [-0.2, 0) is 0 Å². The Kier molecular flexibility index (Phi) is 2.08. The van der Waals surface area contributed by atoms with Crippen LogP contribution in [0.3, 0.4) is 0 Å². The van der Waals surface area contributed by atoms with Gasteiger partial charge in [0.1, 0.15) is 5.00 Å². The molecule has 0 spiro atoms. The molecule has 1 saturated heterocycles. The molecule has 0 atom stereocenters. The summed E-state index contributed by atoms with van der Waals surface area (Å²) in [6.07, 6.45) is 6.06. The first kappa shape index (κ1) is 7.10. The maximum Gasteiger partial charge on any atom is 0.111 e. The minimum absolute atomic E-state index is 1.22. The van der Waals surface area contributed by atoms with Gasteiger partial charge in [0.05, 0.1) is 11.7 Å². The molecule has 2 heterocycles. The van der Waals surface area contributed by atoms with Crippen molar-refractivity contribution in [3.05, 3.63) is 11.7 Å². The summed E-state index contributed by atoms with van der Waals surface area (Å²) in [4.78, 5) is 6.51. The van der Waals surface area contributed by atoms with Crippen molar-refractivity contribution in [2.24, 2.45) is 0 Å².